The van der Waals surface area contributed by atoms with Crippen LogP contribution >= 0.6 is 0 Å². The monoisotopic (exact) mass is 337 g/mol. The van der Waals surface area contributed by atoms with Crippen LogP contribution in [0.2, 0.25) is 0 Å². The number of aliphatic hydroxyl groups is 2. The highest BCUT2D eigenvalue weighted by Gasteiger charge is 2.27. The van der Waals surface area contributed by atoms with Gasteiger partial charge in [-0.15, -0.1) is 0 Å². The Hall–Kier alpha value is -0.260. The summed E-state index contributed by atoms with van der Waals surface area (Å²) in [6.07, 6.45) is 6.14. The van der Waals surface area contributed by atoms with Crippen LogP contribution in [-0.4, -0.2) is 34.4 Å². The predicted molar refractivity (Wildman–Crippen MR) is 91.7 cm³/mol. The summed E-state index contributed by atoms with van der Waals surface area (Å²) >= 11 is 0. The van der Waals surface area contributed by atoms with Crippen LogP contribution in [-0.2, 0) is 0 Å². The molecule has 0 aliphatic carbocycles. The zero-order valence-electron chi connectivity index (χ0n) is 14.9. The van der Waals surface area contributed by atoms with Crippen molar-refractivity contribution >= 4 is 0 Å². The van der Waals surface area contributed by atoms with Crippen LogP contribution in [0.5, 0.6) is 0 Å². The summed E-state index contributed by atoms with van der Waals surface area (Å²) in [5, 5.41) is 19.3. The quantitative estimate of drug-likeness (QED) is 0.388. The molecule has 0 saturated heterocycles. The highest BCUT2D eigenvalue weighted by Crippen LogP contribution is 2.28. The summed E-state index contributed by atoms with van der Waals surface area (Å²) in [5.74, 6) is -2.55. The first-order valence-corrected chi connectivity index (χ1v) is 9.28. The smallest absolute Gasteiger partial charge is 0.248 e. The maximum atomic E-state index is 13.7. The molecule has 0 bridgehead atoms. The number of unbranched alkanes of at least 4 members (excludes halogenated alkanes) is 6. The first-order valence-electron chi connectivity index (χ1n) is 9.28. The molecule has 0 aliphatic heterocycles. The van der Waals surface area contributed by atoms with Gasteiger partial charge in [0.1, 0.15) is 0 Å². The molecule has 0 aromatic heterocycles. The largest absolute Gasteiger partial charge is 0.393 e. The Morgan fingerprint density at radius 3 is 1.96 bits per heavy atom. The van der Waals surface area contributed by atoms with Crippen molar-refractivity contribution in [2.45, 2.75) is 115 Å². The van der Waals surface area contributed by atoms with Crippen LogP contribution in [0.25, 0.3) is 0 Å². The van der Waals surface area contributed by atoms with E-state index in [0.717, 1.165) is 25.7 Å². The number of halogens is 2. The fourth-order valence-electron chi connectivity index (χ4n) is 2.66. The van der Waals surface area contributed by atoms with Gasteiger partial charge in [0.05, 0.1) is 12.2 Å². The molecular weight excluding hydrogens is 300 g/mol. The third-order valence-electron chi connectivity index (χ3n) is 4.35. The van der Waals surface area contributed by atoms with Crippen LogP contribution in [0, 0.1) is 0 Å². The molecule has 0 rings (SSSR count). The molecule has 0 saturated carbocycles. The third kappa shape index (κ3) is 13.8. The summed E-state index contributed by atoms with van der Waals surface area (Å²) in [7, 11) is 0. The lowest BCUT2D eigenvalue weighted by atomic mass is 9.99. The first-order chi connectivity index (χ1) is 10.8. The van der Waals surface area contributed by atoms with Crippen LogP contribution in [0.3, 0.4) is 0 Å². The van der Waals surface area contributed by atoms with E-state index in [-0.39, 0.29) is 25.3 Å². The lowest BCUT2D eigenvalue weighted by molar-refractivity contribution is -0.0208. The second-order valence-corrected chi connectivity index (χ2v) is 6.94. The number of aliphatic hydroxyl groups excluding tert-OH is 2. The van der Waals surface area contributed by atoms with Gasteiger partial charge in [0.15, 0.2) is 0 Å². The molecule has 0 fully saturated rings. The highest BCUT2D eigenvalue weighted by molar-refractivity contribution is 4.71. The van der Waals surface area contributed by atoms with Crippen molar-refractivity contribution in [2.75, 3.05) is 0 Å². The van der Waals surface area contributed by atoms with E-state index < -0.39 is 18.1 Å². The lowest BCUT2D eigenvalue weighted by Gasteiger charge is -2.19. The summed E-state index contributed by atoms with van der Waals surface area (Å²) in [4.78, 5) is 0. The van der Waals surface area contributed by atoms with Crippen LogP contribution < -0.4 is 5.73 Å². The second kappa shape index (κ2) is 13.1. The molecule has 0 aromatic carbocycles. The van der Waals surface area contributed by atoms with Crippen LogP contribution in [0.1, 0.15) is 90.9 Å². The van der Waals surface area contributed by atoms with Gasteiger partial charge in [-0.1, -0.05) is 45.4 Å². The van der Waals surface area contributed by atoms with Gasteiger partial charge >= 0.3 is 0 Å². The van der Waals surface area contributed by atoms with E-state index in [4.69, 9.17) is 5.73 Å². The zero-order valence-corrected chi connectivity index (χ0v) is 14.9. The van der Waals surface area contributed by atoms with E-state index in [2.05, 4.69) is 6.92 Å². The molecule has 3 atom stereocenters. The van der Waals surface area contributed by atoms with E-state index in [1.165, 1.54) is 0 Å². The van der Waals surface area contributed by atoms with Crippen LogP contribution in [0.4, 0.5) is 8.78 Å². The minimum absolute atomic E-state index is 0.0000793. The van der Waals surface area contributed by atoms with Crippen molar-refractivity contribution < 1.29 is 19.0 Å². The SMILES string of the molecule is CCCCCCCC(F)(F)CCCCCC(O)CC(O)[C@H](C)N. The zero-order chi connectivity index (χ0) is 17.7. The maximum Gasteiger partial charge on any atom is 0.248 e. The summed E-state index contributed by atoms with van der Waals surface area (Å²) in [5.41, 5.74) is 5.53. The molecule has 3 nitrogen and oxygen atoms in total. The molecule has 0 amide bonds. The molecule has 0 spiro atoms. The van der Waals surface area contributed by atoms with Crippen molar-refractivity contribution in [3.8, 4) is 0 Å². The van der Waals surface area contributed by atoms with E-state index in [1.54, 1.807) is 6.92 Å². The normalized spacial score (nSPS) is 16.3. The molecule has 0 aromatic rings. The molecule has 23 heavy (non-hydrogen) atoms. The minimum atomic E-state index is -2.55. The van der Waals surface area contributed by atoms with Gasteiger partial charge in [-0.2, -0.15) is 0 Å². The van der Waals surface area contributed by atoms with Crippen molar-refractivity contribution in [3.63, 3.8) is 0 Å². The topological polar surface area (TPSA) is 66.5 Å². The minimum Gasteiger partial charge on any atom is -0.393 e. The predicted octanol–water partition coefficient (Wildman–Crippen LogP) is 4.39. The number of nitrogens with two attached hydrogens (primary N) is 1. The number of alkyl halides is 2. The summed E-state index contributed by atoms with van der Waals surface area (Å²) in [6, 6.07) is -0.360. The Morgan fingerprint density at radius 1 is 0.913 bits per heavy atom. The van der Waals surface area contributed by atoms with Gasteiger partial charge < -0.3 is 15.9 Å². The Kier molecular flexibility index (Phi) is 12.9. The number of hydrogen-bond donors (Lipinski definition) is 3. The Balaban J connectivity index is 3.61. The average Bonchev–Trinajstić information content (AvgIpc) is 2.46. The van der Waals surface area contributed by atoms with Gasteiger partial charge in [-0.25, -0.2) is 8.78 Å². The van der Waals surface area contributed by atoms with Crippen LogP contribution in [0.15, 0.2) is 0 Å². The van der Waals surface area contributed by atoms with E-state index in [1.807, 2.05) is 0 Å². The van der Waals surface area contributed by atoms with E-state index in [9.17, 15) is 19.0 Å². The highest BCUT2D eigenvalue weighted by atomic mass is 19.3. The van der Waals surface area contributed by atoms with Gasteiger partial charge in [0.2, 0.25) is 5.92 Å². The molecule has 140 valence electrons. The average molecular weight is 337 g/mol. The lowest BCUT2D eigenvalue weighted by Crippen LogP contribution is -2.34. The van der Waals surface area contributed by atoms with Crippen molar-refractivity contribution in [2.24, 2.45) is 5.73 Å². The second-order valence-electron chi connectivity index (χ2n) is 6.94. The van der Waals surface area contributed by atoms with Gasteiger partial charge in [-0.3, -0.25) is 0 Å². The van der Waals surface area contributed by atoms with Gasteiger partial charge in [0, 0.05) is 25.3 Å². The van der Waals surface area contributed by atoms with Gasteiger partial charge in [0.25, 0.3) is 0 Å². The number of hydrogen-bond acceptors (Lipinski definition) is 3. The van der Waals surface area contributed by atoms with E-state index >= 15 is 0 Å². The molecular formula is C18H37F2NO2. The Labute approximate surface area is 140 Å². The molecule has 5 heteroatoms. The van der Waals surface area contributed by atoms with Crippen molar-refractivity contribution in [1.29, 1.82) is 0 Å². The van der Waals surface area contributed by atoms with Crippen molar-refractivity contribution in [1.82, 2.24) is 0 Å². The fraction of sp³-hybridized carbons (Fsp3) is 1.00. The van der Waals surface area contributed by atoms with E-state index in [0.29, 0.717) is 32.1 Å². The molecule has 0 radical (unpaired) electrons. The fourth-order valence-corrected chi connectivity index (χ4v) is 2.66. The summed E-state index contributed by atoms with van der Waals surface area (Å²) in [6.45, 7) is 3.81. The Bertz CT molecular complexity index is 276. The standard InChI is InChI=1S/C18H37F2NO2/c1-3-4-5-6-9-12-18(19,20)13-10-7-8-11-16(22)14-17(23)15(2)21/h15-17,22-23H,3-14,21H2,1-2H3/t15-,16?,17?/m0/s1. The third-order valence-corrected chi connectivity index (χ3v) is 4.35. The molecule has 4 N–H and O–H groups in total. The first kappa shape index (κ1) is 22.7. The Morgan fingerprint density at radius 2 is 1.43 bits per heavy atom. The van der Waals surface area contributed by atoms with Gasteiger partial charge in [-0.05, 0) is 26.2 Å². The number of rotatable bonds is 15. The molecule has 2 unspecified atom stereocenters. The maximum absolute atomic E-state index is 13.7. The molecule has 0 aliphatic rings. The molecule has 0 heterocycles. The summed E-state index contributed by atoms with van der Waals surface area (Å²) < 4.78 is 27.4. The van der Waals surface area contributed by atoms with Crippen molar-refractivity contribution in [3.05, 3.63) is 0 Å².